The summed E-state index contributed by atoms with van der Waals surface area (Å²) in [6.45, 7) is 7.73. The first-order valence-corrected chi connectivity index (χ1v) is 3.91. The van der Waals surface area contributed by atoms with Crippen molar-refractivity contribution in [3.63, 3.8) is 0 Å². The van der Waals surface area contributed by atoms with E-state index in [0.717, 1.165) is 5.82 Å². The van der Waals surface area contributed by atoms with Gasteiger partial charge in [-0.15, -0.1) is 13.1 Å². The van der Waals surface area contributed by atoms with Crippen molar-refractivity contribution < 1.29 is 0 Å². The van der Waals surface area contributed by atoms with E-state index >= 15 is 0 Å². The third-order valence-electron chi connectivity index (χ3n) is 1.68. The van der Waals surface area contributed by atoms with Gasteiger partial charge in [0.15, 0.2) is 0 Å². The molecule has 79 valence electrons. The van der Waals surface area contributed by atoms with E-state index in [0.29, 0.717) is 0 Å². The molecule has 0 saturated heterocycles. The smallest absolute Gasteiger partial charge is 0.119 e. The van der Waals surface area contributed by atoms with Gasteiger partial charge >= 0.3 is 0 Å². The summed E-state index contributed by atoms with van der Waals surface area (Å²) >= 11 is 0. The zero-order chi connectivity index (χ0) is 8.97. The summed E-state index contributed by atoms with van der Waals surface area (Å²) in [7, 11) is 0. The largest absolute Gasteiger partial charge is 0.388 e. The SMILES string of the molecule is C=Cc1nccn1/C=C(/C)[CH-]C.[Lr]. The maximum absolute atomic E-state index is 4.11. The number of imidazole rings is 1. The zero-order valence-electron chi connectivity index (χ0n) is 7.75. The Labute approximate surface area is 73.2 Å². The molecule has 1 radical (unpaired) electrons. The average molecular weight is 423 g/mol. The summed E-state index contributed by atoms with van der Waals surface area (Å²) in [5.41, 5.74) is 1.20. The van der Waals surface area contributed by atoms with E-state index in [1.807, 2.05) is 37.2 Å². The van der Waals surface area contributed by atoms with Gasteiger partial charge in [-0.3, -0.25) is 0 Å². The van der Waals surface area contributed by atoms with E-state index in [9.17, 15) is 0 Å². The number of hydrogen-bond acceptors (Lipinski definition) is 1. The van der Waals surface area contributed by atoms with Crippen molar-refractivity contribution in [3.05, 3.63) is 36.8 Å². The minimum absolute atomic E-state index is 0. The van der Waals surface area contributed by atoms with Crippen LogP contribution in [0.5, 0.6) is 0 Å². The molecule has 0 unspecified atom stereocenters. The molecule has 1 aromatic rings. The fraction of sp³-hybridized carbons (Fsp3) is 0.200. The molecule has 1 aromatic heterocycles. The van der Waals surface area contributed by atoms with Crippen molar-refractivity contribution >= 4 is 12.3 Å². The van der Waals surface area contributed by atoms with Gasteiger partial charge in [-0.1, -0.05) is 13.5 Å². The summed E-state index contributed by atoms with van der Waals surface area (Å²) in [4.78, 5) is 4.11. The molecular weight excluding hydrogens is 410 g/mol. The van der Waals surface area contributed by atoms with Gasteiger partial charge < -0.3 is 4.57 Å². The molecule has 0 saturated carbocycles. The predicted octanol–water partition coefficient (Wildman–Crippen LogP) is 2.61. The van der Waals surface area contributed by atoms with Gasteiger partial charge in [-0.25, -0.2) is 17.0 Å². The van der Waals surface area contributed by atoms with Crippen LogP contribution in [0.25, 0.3) is 12.3 Å². The normalized spacial score (nSPS) is 10.5. The van der Waals surface area contributed by atoms with Crippen molar-refractivity contribution in [2.75, 3.05) is 0 Å². The van der Waals surface area contributed by atoms with E-state index in [-0.39, 0.29) is 0 Å². The van der Waals surface area contributed by atoms with Crippen molar-refractivity contribution in [1.29, 1.82) is 0 Å². The Morgan fingerprint density at radius 1 is 1.69 bits per heavy atom. The van der Waals surface area contributed by atoms with Crippen LogP contribution < -0.4 is 0 Å². The Morgan fingerprint density at radius 2 is 2.38 bits per heavy atom. The molecule has 0 aromatic carbocycles. The third kappa shape index (κ3) is 2.26. The molecule has 0 aliphatic rings. The van der Waals surface area contributed by atoms with Crippen molar-refractivity contribution in [2.24, 2.45) is 0 Å². The summed E-state index contributed by atoms with van der Waals surface area (Å²) in [5.74, 6) is 0.871. The van der Waals surface area contributed by atoms with E-state index in [4.69, 9.17) is 0 Å². The Hall–Kier alpha value is -2.44. The maximum Gasteiger partial charge on any atom is 0.119 e. The van der Waals surface area contributed by atoms with E-state index < -0.39 is 0 Å². The molecule has 0 bridgehead atoms. The van der Waals surface area contributed by atoms with Gasteiger partial charge in [-0.2, -0.15) is 0 Å². The minimum atomic E-state index is 0. The molecule has 0 fully saturated rings. The number of nitrogens with zero attached hydrogens (tertiary/aromatic N) is 2. The van der Waals surface area contributed by atoms with Gasteiger partial charge in [0.25, 0.3) is 0 Å². The second-order valence-corrected chi connectivity index (χ2v) is 2.56. The number of aromatic nitrogens is 2. The predicted molar refractivity (Wildman–Crippen MR) is 52.2 cm³/mol. The quantitative estimate of drug-likeness (QED) is 0.684. The molecule has 13 heavy (non-hydrogen) atoms. The molecule has 0 aliphatic carbocycles. The van der Waals surface area contributed by atoms with Crippen molar-refractivity contribution in [2.45, 2.75) is 13.8 Å². The molecule has 0 aliphatic heterocycles. The number of rotatable bonds is 3. The second-order valence-electron chi connectivity index (χ2n) is 2.56. The maximum atomic E-state index is 4.11. The molecule has 2 nitrogen and oxygen atoms in total. The summed E-state index contributed by atoms with van der Waals surface area (Å²) in [5, 5.41) is 0. The average Bonchev–Trinajstić information content (AvgIpc) is 2.51. The second kappa shape index (κ2) is 4.44. The van der Waals surface area contributed by atoms with Crippen molar-refractivity contribution in [1.82, 2.24) is 9.55 Å². The van der Waals surface area contributed by atoms with E-state index in [1.165, 1.54) is 5.57 Å². The molecule has 0 amide bonds. The van der Waals surface area contributed by atoms with E-state index in [2.05, 4.69) is 11.6 Å². The standard InChI is InChI=1S/C10H13N2.Lr/c1-4-9(3)8-12-7-6-11-10(12)5-2;/h4-8H,2H2,1,3H3;/q-1;/b9-8-;. The van der Waals surface area contributed by atoms with Gasteiger partial charge in [-0.05, 0) is 6.08 Å². The molecule has 3 heteroatoms. The summed E-state index contributed by atoms with van der Waals surface area (Å²) in [6, 6.07) is 0. The van der Waals surface area contributed by atoms with Crippen LogP contribution in [0.2, 0.25) is 0 Å². The Kier molecular flexibility index (Phi) is 3.61. The fourth-order valence-corrected chi connectivity index (χ4v) is 0.886. The van der Waals surface area contributed by atoms with Crippen LogP contribution in [-0.4, -0.2) is 9.55 Å². The zero-order valence-corrected chi connectivity index (χ0v) is 9.90. The van der Waals surface area contributed by atoms with Crippen LogP contribution in [0.4, 0.5) is 0 Å². The molecule has 0 N–H and O–H groups in total. The van der Waals surface area contributed by atoms with Crippen LogP contribution in [0.1, 0.15) is 19.7 Å². The van der Waals surface area contributed by atoms with Crippen LogP contribution >= 0.6 is 0 Å². The summed E-state index contributed by atoms with van der Waals surface area (Å²) in [6.07, 6.45) is 9.47. The first-order valence-electron chi connectivity index (χ1n) is 3.91. The van der Waals surface area contributed by atoms with Gasteiger partial charge in [0.2, 0.25) is 0 Å². The first kappa shape index (κ1) is 10.6. The van der Waals surface area contributed by atoms with Crippen LogP contribution in [0.3, 0.4) is 0 Å². The van der Waals surface area contributed by atoms with E-state index in [1.54, 1.807) is 12.3 Å². The Morgan fingerprint density at radius 3 is 2.92 bits per heavy atom. The molecule has 0 spiro atoms. The van der Waals surface area contributed by atoms with Gasteiger partial charge in [0.05, 0.1) is 0 Å². The molecular formula is C10H13LrN2-. The molecule has 1 heterocycles. The Balaban J connectivity index is 0.00000144. The summed E-state index contributed by atoms with van der Waals surface area (Å²) < 4.78 is 1.95. The topological polar surface area (TPSA) is 17.8 Å². The van der Waals surface area contributed by atoms with Crippen LogP contribution in [0, 0.1) is 6.42 Å². The molecule has 0 atom stereocenters. The van der Waals surface area contributed by atoms with Crippen LogP contribution in [-0.2, 0) is 0 Å². The molecule has 1 rings (SSSR count). The third-order valence-corrected chi connectivity index (χ3v) is 1.68. The van der Waals surface area contributed by atoms with Gasteiger partial charge in [0, 0.05) is 12.4 Å². The fourth-order valence-electron chi connectivity index (χ4n) is 0.886. The number of hydrogen-bond donors (Lipinski definition) is 0. The number of allylic oxidation sites excluding steroid dienone is 1. The van der Waals surface area contributed by atoms with Crippen molar-refractivity contribution in [3.8, 4) is 0 Å². The Bertz CT molecular complexity index is 300. The first-order chi connectivity index (χ1) is 5.77. The monoisotopic (exact) mass is 423 g/mol. The van der Waals surface area contributed by atoms with Crippen LogP contribution in [0.15, 0.2) is 24.5 Å². The minimum Gasteiger partial charge on any atom is -0.388 e. The van der Waals surface area contributed by atoms with Gasteiger partial charge in [0.1, 0.15) is 5.82 Å².